The number of aliphatic hydroxyl groups excluding tert-OH is 1. The van der Waals surface area contributed by atoms with Gasteiger partial charge in [-0.1, -0.05) is 35.9 Å². The second-order valence-electron chi connectivity index (χ2n) is 7.36. The number of halogens is 1. The van der Waals surface area contributed by atoms with Crippen molar-refractivity contribution in [2.24, 2.45) is 0 Å². The molecule has 0 aliphatic heterocycles. The molecule has 0 saturated heterocycles. The number of aliphatic hydroxyl groups is 1. The molecule has 0 fully saturated rings. The second kappa shape index (κ2) is 12.7. The Morgan fingerprint density at radius 1 is 1.00 bits per heavy atom. The van der Waals surface area contributed by atoms with Crippen LogP contribution in [0.3, 0.4) is 0 Å². The third kappa shape index (κ3) is 7.65. The van der Waals surface area contributed by atoms with E-state index in [1.165, 1.54) is 24.3 Å². The van der Waals surface area contributed by atoms with Crippen molar-refractivity contribution in [3.63, 3.8) is 0 Å². The summed E-state index contributed by atoms with van der Waals surface area (Å²) >= 11 is 5.94. The Hall–Kier alpha value is -1.71. The van der Waals surface area contributed by atoms with Gasteiger partial charge in [-0.3, -0.25) is 0 Å². The van der Waals surface area contributed by atoms with Gasteiger partial charge in [-0.25, -0.2) is 13.2 Å². The number of aromatic carboxylic acids is 1. The first-order valence-corrected chi connectivity index (χ1v) is 11.9. The Bertz CT molecular complexity index is 1170. The van der Waals surface area contributed by atoms with Crippen molar-refractivity contribution in [1.29, 1.82) is 0 Å². The number of hydrogen-bond donors (Lipinski definition) is 3. The van der Waals surface area contributed by atoms with Crippen LogP contribution < -0.4 is 34.9 Å². The van der Waals surface area contributed by atoms with E-state index in [-0.39, 0.29) is 46.3 Å². The second-order valence-corrected chi connectivity index (χ2v) is 9.74. The van der Waals surface area contributed by atoms with E-state index in [1.54, 1.807) is 42.5 Å². The molecule has 3 aromatic carbocycles. The Morgan fingerprint density at radius 2 is 1.61 bits per heavy atom. The smallest absolute Gasteiger partial charge is 1.00 e. The van der Waals surface area contributed by atoms with Crippen molar-refractivity contribution in [3.05, 3.63) is 94.5 Å². The molecule has 170 valence electrons. The first-order chi connectivity index (χ1) is 15.3. The average molecular weight is 498 g/mol. The zero-order chi connectivity index (χ0) is 23.1. The van der Waals surface area contributed by atoms with Crippen LogP contribution in [0.25, 0.3) is 0 Å². The van der Waals surface area contributed by atoms with Gasteiger partial charge in [-0.15, -0.1) is 0 Å². The number of sulfone groups is 1. The normalized spacial score (nSPS) is 12.1. The predicted octanol–water partition coefficient (Wildman–Crippen LogP) is 1.24. The predicted molar refractivity (Wildman–Crippen MR) is 124 cm³/mol. The van der Waals surface area contributed by atoms with E-state index >= 15 is 0 Å². The molecule has 0 aliphatic carbocycles. The zero-order valence-electron chi connectivity index (χ0n) is 19.2. The maximum Gasteiger partial charge on any atom is 1.00 e. The fourth-order valence-electron chi connectivity index (χ4n) is 3.24. The summed E-state index contributed by atoms with van der Waals surface area (Å²) in [5.41, 5.74) is 1.80. The summed E-state index contributed by atoms with van der Waals surface area (Å²) in [6.45, 7) is 1.12. The van der Waals surface area contributed by atoms with E-state index in [9.17, 15) is 18.3 Å². The molecule has 0 aromatic heterocycles. The maximum atomic E-state index is 12.7. The summed E-state index contributed by atoms with van der Waals surface area (Å²) in [7, 11) is -3.71. The Labute approximate surface area is 222 Å². The summed E-state index contributed by atoms with van der Waals surface area (Å²) in [6.07, 6.45) is 0.946. The standard InChI is InChI=1S/C24H24ClNO5S.Na.H/c25-20-5-1-4-19(15-20)23(27)16-26-14-2-3-17-6-10-21(11-7-17)32(30,31)22-12-8-18(9-13-22)24(28)29;;/h1,4-13,15,23,26-27H,2-3,14,16H2,(H,28,29);;/q;+1;-1/t23-;;/m1../s1. The molecule has 1 atom stereocenters. The van der Waals surface area contributed by atoms with Crippen molar-refractivity contribution >= 4 is 27.4 Å². The summed E-state index contributed by atoms with van der Waals surface area (Å²) in [4.78, 5) is 11.1. The quantitative estimate of drug-likeness (QED) is 0.288. The fourth-order valence-corrected chi connectivity index (χ4v) is 4.70. The fraction of sp³-hybridized carbons (Fsp3) is 0.208. The first kappa shape index (κ1) is 27.5. The molecule has 0 bridgehead atoms. The van der Waals surface area contributed by atoms with Crippen molar-refractivity contribution < 1.29 is 54.4 Å². The summed E-state index contributed by atoms with van der Waals surface area (Å²) in [5, 5.41) is 22.9. The molecule has 33 heavy (non-hydrogen) atoms. The molecule has 0 aliphatic rings. The monoisotopic (exact) mass is 497 g/mol. The van der Waals surface area contributed by atoms with Crippen LogP contribution in [0.15, 0.2) is 82.6 Å². The van der Waals surface area contributed by atoms with Crippen molar-refractivity contribution in [3.8, 4) is 0 Å². The van der Waals surface area contributed by atoms with E-state index in [1.807, 2.05) is 6.07 Å². The maximum absolute atomic E-state index is 12.7. The molecule has 9 heteroatoms. The third-order valence-electron chi connectivity index (χ3n) is 5.04. The zero-order valence-corrected chi connectivity index (χ0v) is 21.8. The minimum absolute atomic E-state index is 0. The van der Waals surface area contributed by atoms with Crippen LogP contribution in [0.1, 0.15) is 35.4 Å². The van der Waals surface area contributed by atoms with Crippen molar-refractivity contribution in [2.75, 3.05) is 13.1 Å². The van der Waals surface area contributed by atoms with Crippen LogP contribution in [-0.2, 0) is 16.3 Å². The van der Waals surface area contributed by atoms with Gasteiger partial charge >= 0.3 is 35.5 Å². The summed E-state index contributed by atoms with van der Waals surface area (Å²) < 4.78 is 25.5. The van der Waals surface area contributed by atoms with E-state index in [0.29, 0.717) is 18.1 Å². The number of nitrogens with one attached hydrogen (secondary N) is 1. The first-order valence-electron chi connectivity index (χ1n) is 10.1. The van der Waals surface area contributed by atoms with Crippen LogP contribution in [-0.4, -0.2) is 37.7 Å². The molecule has 3 rings (SSSR count). The van der Waals surface area contributed by atoms with Gasteiger partial charge in [-0.2, -0.15) is 0 Å². The summed E-state index contributed by atoms with van der Waals surface area (Å²) in [6, 6.07) is 19.0. The van der Waals surface area contributed by atoms with Crippen LogP contribution >= 0.6 is 11.6 Å². The van der Waals surface area contributed by atoms with Gasteiger partial charge < -0.3 is 17.0 Å². The minimum atomic E-state index is -3.71. The molecule has 0 radical (unpaired) electrons. The van der Waals surface area contributed by atoms with Gasteiger partial charge in [0.1, 0.15) is 0 Å². The van der Waals surface area contributed by atoms with E-state index < -0.39 is 21.9 Å². The molecular formula is C24H25ClNNaO5S. The molecule has 3 aromatic rings. The van der Waals surface area contributed by atoms with Crippen molar-refractivity contribution in [2.45, 2.75) is 28.7 Å². The number of carboxylic acid groups (broad SMARTS) is 1. The molecular weight excluding hydrogens is 473 g/mol. The van der Waals surface area contributed by atoms with Gasteiger partial charge in [0.25, 0.3) is 0 Å². The Morgan fingerprint density at radius 3 is 2.18 bits per heavy atom. The number of carbonyl (C=O) groups is 1. The van der Waals surface area contributed by atoms with Crippen LogP contribution in [0, 0.1) is 0 Å². The van der Waals surface area contributed by atoms with Gasteiger partial charge in [0, 0.05) is 11.6 Å². The molecule has 0 heterocycles. The number of hydrogen-bond acceptors (Lipinski definition) is 5. The number of carboxylic acids is 1. The number of aryl methyl sites for hydroxylation is 1. The minimum Gasteiger partial charge on any atom is -1.00 e. The van der Waals surface area contributed by atoms with Crippen LogP contribution in [0.5, 0.6) is 0 Å². The Balaban J connectivity index is 0.00000289. The molecule has 0 unspecified atom stereocenters. The largest absolute Gasteiger partial charge is 1.00 e. The molecule has 3 N–H and O–H groups in total. The molecule has 0 spiro atoms. The van der Waals surface area contributed by atoms with Gasteiger partial charge in [0.2, 0.25) is 9.84 Å². The number of rotatable bonds is 10. The van der Waals surface area contributed by atoms with E-state index in [2.05, 4.69) is 5.32 Å². The van der Waals surface area contributed by atoms with E-state index in [0.717, 1.165) is 24.0 Å². The molecule has 0 saturated carbocycles. The van der Waals surface area contributed by atoms with Gasteiger partial charge in [-0.05, 0) is 79.0 Å². The number of benzene rings is 3. The molecule has 0 amide bonds. The topological polar surface area (TPSA) is 104 Å². The average Bonchev–Trinajstić information content (AvgIpc) is 2.79. The molecule has 6 nitrogen and oxygen atoms in total. The third-order valence-corrected chi connectivity index (χ3v) is 7.06. The van der Waals surface area contributed by atoms with Gasteiger partial charge in [0.05, 0.1) is 21.5 Å². The van der Waals surface area contributed by atoms with Crippen LogP contribution in [0.2, 0.25) is 5.02 Å². The SMILES string of the molecule is O=C(O)c1ccc(S(=O)(=O)c2ccc(CCCNC[C@@H](O)c3cccc(Cl)c3)cc2)cc1.[H-].[Na+]. The van der Waals surface area contributed by atoms with E-state index in [4.69, 9.17) is 16.7 Å². The van der Waals surface area contributed by atoms with Crippen LogP contribution in [0.4, 0.5) is 0 Å². The van der Waals surface area contributed by atoms with Gasteiger partial charge in [0.15, 0.2) is 0 Å². The Kier molecular flexibility index (Phi) is 10.6. The summed E-state index contributed by atoms with van der Waals surface area (Å²) in [5.74, 6) is -1.10. The van der Waals surface area contributed by atoms with Crippen molar-refractivity contribution in [1.82, 2.24) is 5.32 Å².